The molecule has 0 aromatic heterocycles. The number of carbonyl (C=O) groups is 2. The minimum Gasteiger partial charge on any atom is -0.356 e. The van der Waals surface area contributed by atoms with E-state index in [0.29, 0.717) is 24.6 Å². The molecule has 0 atom stereocenters. The molecular weight excluding hydrogens is 312 g/mol. The monoisotopic (exact) mass is 334 g/mol. The molecule has 128 valence electrons. The molecule has 25 heavy (non-hydrogen) atoms. The molecule has 2 aromatic carbocycles. The molecule has 1 aliphatic carbocycles. The molecular formula is C21H22N2O2. The SMILES string of the molecule is C=CC(=O)Nc1ccc(CC(=O)NCC2Cc3ccccc3C2)cc1. The average Bonchev–Trinajstić information content (AvgIpc) is 3.04. The zero-order valence-corrected chi connectivity index (χ0v) is 14.1. The Kier molecular flexibility index (Phi) is 5.29. The summed E-state index contributed by atoms with van der Waals surface area (Å²) < 4.78 is 0. The van der Waals surface area contributed by atoms with Crippen LogP contribution in [0.15, 0.2) is 61.2 Å². The van der Waals surface area contributed by atoms with E-state index in [1.807, 2.05) is 12.1 Å². The molecule has 0 bridgehead atoms. The van der Waals surface area contributed by atoms with Gasteiger partial charge >= 0.3 is 0 Å². The minimum absolute atomic E-state index is 0.0267. The maximum absolute atomic E-state index is 12.2. The van der Waals surface area contributed by atoms with Gasteiger partial charge in [-0.05, 0) is 53.7 Å². The van der Waals surface area contributed by atoms with Crippen LogP contribution in [0.1, 0.15) is 16.7 Å². The Labute approximate surface area is 148 Å². The van der Waals surface area contributed by atoms with E-state index in [1.54, 1.807) is 12.1 Å². The van der Waals surface area contributed by atoms with E-state index in [9.17, 15) is 9.59 Å². The van der Waals surface area contributed by atoms with Gasteiger partial charge in [-0.3, -0.25) is 9.59 Å². The zero-order chi connectivity index (χ0) is 17.6. The van der Waals surface area contributed by atoms with Gasteiger partial charge in [0, 0.05) is 12.2 Å². The maximum atomic E-state index is 12.2. The molecule has 4 nitrogen and oxygen atoms in total. The average molecular weight is 334 g/mol. The van der Waals surface area contributed by atoms with Crippen LogP contribution in [0.5, 0.6) is 0 Å². The molecule has 0 unspecified atom stereocenters. The second kappa shape index (κ2) is 7.79. The first-order chi connectivity index (χ1) is 12.1. The first-order valence-electron chi connectivity index (χ1n) is 8.50. The van der Waals surface area contributed by atoms with Gasteiger partial charge in [0.05, 0.1) is 6.42 Å². The van der Waals surface area contributed by atoms with Crippen molar-refractivity contribution in [1.82, 2.24) is 5.32 Å². The summed E-state index contributed by atoms with van der Waals surface area (Å²) in [7, 11) is 0. The first kappa shape index (κ1) is 17.0. The lowest BCUT2D eigenvalue weighted by atomic mass is 10.1. The number of hydrogen-bond donors (Lipinski definition) is 2. The van der Waals surface area contributed by atoms with Crippen molar-refractivity contribution in [2.45, 2.75) is 19.3 Å². The predicted molar refractivity (Wildman–Crippen MR) is 99.3 cm³/mol. The minimum atomic E-state index is -0.247. The fourth-order valence-corrected chi connectivity index (χ4v) is 3.20. The fraction of sp³-hybridized carbons (Fsp3) is 0.238. The van der Waals surface area contributed by atoms with Crippen molar-refractivity contribution in [2.75, 3.05) is 11.9 Å². The normalized spacial score (nSPS) is 13.1. The highest BCUT2D eigenvalue weighted by atomic mass is 16.2. The number of rotatable bonds is 6. The van der Waals surface area contributed by atoms with Gasteiger partial charge in [0.15, 0.2) is 0 Å². The number of carbonyl (C=O) groups excluding carboxylic acids is 2. The van der Waals surface area contributed by atoms with Gasteiger partial charge in [0.2, 0.25) is 11.8 Å². The smallest absolute Gasteiger partial charge is 0.247 e. The fourth-order valence-electron chi connectivity index (χ4n) is 3.20. The van der Waals surface area contributed by atoms with E-state index in [2.05, 4.69) is 41.5 Å². The lowest BCUT2D eigenvalue weighted by Gasteiger charge is -2.11. The van der Waals surface area contributed by atoms with Crippen molar-refractivity contribution in [3.63, 3.8) is 0 Å². The van der Waals surface area contributed by atoms with Crippen LogP contribution in [0.25, 0.3) is 0 Å². The van der Waals surface area contributed by atoms with Gasteiger partial charge in [-0.1, -0.05) is 43.0 Å². The summed E-state index contributed by atoms with van der Waals surface area (Å²) >= 11 is 0. The summed E-state index contributed by atoms with van der Waals surface area (Å²) in [6, 6.07) is 15.8. The van der Waals surface area contributed by atoms with Crippen molar-refractivity contribution >= 4 is 17.5 Å². The van der Waals surface area contributed by atoms with E-state index in [1.165, 1.54) is 17.2 Å². The van der Waals surface area contributed by atoms with Gasteiger partial charge in [-0.2, -0.15) is 0 Å². The highest BCUT2D eigenvalue weighted by Crippen LogP contribution is 2.25. The van der Waals surface area contributed by atoms with Crippen LogP contribution in [-0.2, 0) is 28.9 Å². The topological polar surface area (TPSA) is 58.2 Å². The van der Waals surface area contributed by atoms with Gasteiger partial charge in [-0.25, -0.2) is 0 Å². The number of amides is 2. The third-order valence-corrected chi connectivity index (χ3v) is 4.50. The Morgan fingerprint density at radius 2 is 1.68 bits per heavy atom. The maximum Gasteiger partial charge on any atom is 0.247 e. The third kappa shape index (κ3) is 4.57. The largest absolute Gasteiger partial charge is 0.356 e. The second-order valence-corrected chi connectivity index (χ2v) is 6.41. The summed E-state index contributed by atoms with van der Waals surface area (Å²) in [5.41, 5.74) is 4.42. The molecule has 1 aliphatic rings. The molecule has 0 saturated carbocycles. The highest BCUT2D eigenvalue weighted by Gasteiger charge is 2.21. The Hall–Kier alpha value is -2.88. The Bertz CT molecular complexity index is 756. The summed E-state index contributed by atoms with van der Waals surface area (Å²) in [5, 5.41) is 5.73. The van der Waals surface area contributed by atoms with Crippen LogP contribution in [-0.4, -0.2) is 18.4 Å². The van der Waals surface area contributed by atoms with E-state index < -0.39 is 0 Å². The van der Waals surface area contributed by atoms with Crippen LogP contribution in [0, 0.1) is 5.92 Å². The highest BCUT2D eigenvalue weighted by molar-refractivity contribution is 5.98. The van der Waals surface area contributed by atoms with Crippen molar-refractivity contribution in [2.24, 2.45) is 5.92 Å². The van der Waals surface area contributed by atoms with E-state index in [4.69, 9.17) is 0 Å². The number of hydrogen-bond acceptors (Lipinski definition) is 2. The van der Waals surface area contributed by atoms with Crippen molar-refractivity contribution in [3.8, 4) is 0 Å². The van der Waals surface area contributed by atoms with Crippen LogP contribution in [0.2, 0.25) is 0 Å². The summed E-state index contributed by atoms with van der Waals surface area (Å²) in [6.07, 6.45) is 3.64. The number of fused-ring (bicyclic) bond motifs is 1. The molecule has 2 amide bonds. The van der Waals surface area contributed by atoms with Gasteiger partial charge in [-0.15, -0.1) is 0 Å². The van der Waals surface area contributed by atoms with E-state index in [0.717, 1.165) is 18.4 Å². The standard InChI is InChI=1S/C21H22N2O2/c1-2-20(24)23-19-9-7-15(8-10-19)13-21(25)22-14-16-11-17-5-3-4-6-18(17)12-16/h2-10,16H,1,11-14H2,(H,22,25)(H,23,24). The Morgan fingerprint density at radius 1 is 1.04 bits per heavy atom. The predicted octanol–water partition coefficient (Wildman–Crippen LogP) is 2.88. The molecule has 0 saturated heterocycles. The van der Waals surface area contributed by atoms with Crippen LogP contribution >= 0.6 is 0 Å². The van der Waals surface area contributed by atoms with Crippen molar-refractivity contribution in [1.29, 1.82) is 0 Å². The molecule has 0 aliphatic heterocycles. The number of anilines is 1. The molecule has 4 heteroatoms. The van der Waals surface area contributed by atoms with Gasteiger partial charge in [0.25, 0.3) is 0 Å². The molecule has 2 aromatic rings. The summed E-state index contributed by atoms with van der Waals surface area (Å²) in [4.78, 5) is 23.4. The van der Waals surface area contributed by atoms with Crippen molar-refractivity contribution in [3.05, 3.63) is 77.9 Å². The second-order valence-electron chi connectivity index (χ2n) is 6.41. The molecule has 0 heterocycles. The molecule has 3 rings (SSSR count). The van der Waals surface area contributed by atoms with Crippen LogP contribution in [0.3, 0.4) is 0 Å². The first-order valence-corrected chi connectivity index (χ1v) is 8.50. The number of benzene rings is 2. The number of nitrogens with one attached hydrogen (secondary N) is 2. The van der Waals surface area contributed by atoms with E-state index >= 15 is 0 Å². The summed E-state index contributed by atoms with van der Waals surface area (Å²) in [5.74, 6) is 0.264. The van der Waals surface area contributed by atoms with Gasteiger partial charge in [0.1, 0.15) is 0 Å². The van der Waals surface area contributed by atoms with Gasteiger partial charge < -0.3 is 10.6 Å². The molecule has 0 spiro atoms. The lowest BCUT2D eigenvalue weighted by molar-refractivity contribution is -0.120. The molecule has 0 fully saturated rings. The van der Waals surface area contributed by atoms with Crippen molar-refractivity contribution < 1.29 is 9.59 Å². The quantitative estimate of drug-likeness (QED) is 0.798. The third-order valence-electron chi connectivity index (χ3n) is 4.50. The van der Waals surface area contributed by atoms with Crippen LogP contribution < -0.4 is 10.6 Å². The Balaban J connectivity index is 1.45. The zero-order valence-electron chi connectivity index (χ0n) is 14.1. The molecule has 2 N–H and O–H groups in total. The summed E-state index contributed by atoms with van der Waals surface area (Å²) in [6.45, 7) is 4.12. The van der Waals surface area contributed by atoms with Crippen LogP contribution in [0.4, 0.5) is 5.69 Å². The Morgan fingerprint density at radius 3 is 2.28 bits per heavy atom. The van der Waals surface area contributed by atoms with E-state index in [-0.39, 0.29) is 11.8 Å². The molecule has 0 radical (unpaired) electrons. The lowest BCUT2D eigenvalue weighted by Crippen LogP contribution is -2.30.